The van der Waals surface area contributed by atoms with Crippen LogP contribution in [0, 0.1) is 0 Å². The topological polar surface area (TPSA) is 69.6 Å². The quantitative estimate of drug-likeness (QED) is 0.390. The zero-order valence-corrected chi connectivity index (χ0v) is 16.7. The van der Waals surface area contributed by atoms with Crippen LogP contribution in [-0.4, -0.2) is 47.9 Å². The minimum Gasteiger partial charge on any atom is -0.480 e. The Bertz CT molecular complexity index is 546. The van der Waals surface area contributed by atoms with Crippen LogP contribution in [0.4, 0.5) is 5.69 Å². The number of hydrogen-bond acceptors (Lipinski definition) is 3. The van der Waals surface area contributed by atoms with Crippen molar-refractivity contribution in [3.05, 3.63) is 29.8 Å². The van der Waals surface area contributed by atoms with E-state index in [0.29, 0.717) is 31.3 Å². The third-order valence-electron chi connectivity index (χ3n) is 4.09. The van der Waals surface area contributed by atoms with Crippen LogP contribution in [0.3, 0.4) is 0 Å². The lowest BCUT2D eigenvalue weighted by Crippen LogP contribution is -2.42. The Morgan fingerprint density at radius 2 is 1.73 bits per heavy atom. The van der Waals surface area contributed by atoms with Crippen molar-refractivity contribution in [2.45, 2.75) is 45.1 Å². The second kappa shape index (κ2) is 12.8. The van der Waals surface area contributed by atoms with Crippen molar-refractivity contribution in [2.75, 3.05) is 29.7 Å². The third kappa shape index (κ3) is 8.28. The molecular weight excluding hydrogens is 375 g/mol. The molecule has 0 aromatic heterocycles. The lowest BCUT2D eigenvalue weighted by molar-refractivity contribution is -0.141. The van der Waals surface area contributed by atoms with Crippen LogP contribution in [0.1, 0.15) is 38.2 Å². The van der Waals surface area contributed by atoms with Gasteiger partial charge in [0.05, 0.1) is 0 Å². The molecule has 0 heterocycles. The predicted molar refractivity (Wildman–Crippen MR) is 108 cm³/mol. The van der Waals surface area contributed by atoms with Gasteiger partial charge in [-0.15, -0.1) is 23.2 Å². The molecule has 0 fully saturated rings. The van der Waals surface area contributed by atoms with Gasteiger partial charge in [-0.3, -0.25) is 4.79 Å². The second-order valence-corrected chi connectivity index (χ2v) is 6.91. The van der Waals surface area contributed by atoms with Gasteiger partial charge in [-0.1, -0.05) is 31.9 Å². The number of carboxylic acid groups (broad SMARTS) is 1. The highest BCUT2D eigenvalue weighted by Gasteiger charge is 2.20. The van der Waals surface area contributed by atoms with E-state index in [9.17, 15) is 14.7 Å². The maximum atomic E-state index is 11.9. The van der Waals surface area contributed by atoms with Crippen molar-refractivity contribution < 1.29 is 14.7 Å². The minimum atomic E-state index is -1.02. The summed E-state index contributed by atoms with van der Waals surface area (Å²) in [5, 5.41) is 12.0. The fourth-order valence-electron chi connectivity index (χ4n) is 2.65. The summed E-state index contributed by atoms with van der Waals surface area (Å²) in [5.41, 5.74) is 1.84. The first kappa shape index (κ1) is 22.6. The van der Waals surface area contributed by atoms with E-state index in [1.807, 2.05) is 24.3 Å². The van der Waals surface area contributed by atoms with Gasteiger partial charge in [-0.2, -0.15) is 0 Å². The Balaban J connectivity index is 2.68. The van der Waals surface area contributed by atoms with Crippen molar-refractivity contribution in [3.8, 4) is 0 Å². The van der Waals surface area contributed by atoms with E-state index in [2.05, 4.69) is 17.1 Å². The number of carbonyl (C=O) groups is 2. The summed E-state index contributed by atoms with van der Waals surface area (Å²) < 4.78 is 0. The monoisotopic (exact) mass is 402 g/mol. The van der Waals surface area contributed by atoms with Crippen molar-refractivity contribution in [1.29, 1.82) is 0 Å². The molecule has 1 unspecified atom stereocenters. The Labute approximate surface area is 165 Å². The van der Waals surface area contributed by atoms with E-state index in [0.717, 1.165) is 30.5 Å². The summed E-state index contributed by atoms with van der Waals surface area (Å²) in [5.74, 6) is -0.227. The number of amides is 1. The van der Waals surface area contributed by atoms with Gasteiger partial charge in [0.1, 0.15) is 6.04 Å². The van der Waals surface area contributed by atoms with Gasteiger partial charge >= 0.3 is 5.97 Å². The first-order valence-corrected chi connectivity index (χ1v) is 10.1. The van der Waals surface area contributed by atoms with Gasteiger partial charge in [0.15, 0.2) is 0 Å². The molecule has 1 aromatic rings. The van der Waals surface area contributed by atoms with Gasteiger partial charge in [0.25, 0.3) is 0 Å². The first-order chi connectivity index (χ1) is 12.5. The summed E-state index contributed by atoms with van der Waals surface area (Å²) in [6.45, 7) is 3.45. The largest absolute Gasteiger partial charge is 0.480 e. The summed E-state index contributed by atoms with van der Waals surface area (Å²) in [4.78, 5) is 25.4. The van der Waals surface area contributed by atoms with Gasteiger partial charge in [0.2, 0.25) is 5.91 Å². The molecule has 1 aromatic carbocycles. The number of nitrogens with zero attached hydrogens (tertiary/aromatic N) is 1. The van der Waals surface area contributed by atoms with Crippen LogP contribution in [0.25, 0.3) is 0 Å². The van der Waals surface area contributed by atoms with E-state index in [4.69, 9.17) is 23.2 Å². The molecule has 0 aliphatic rings. The average molecular weight is 403 g/mol. The van der Waals surface area contributed by atoms with Crippen molar-refractivity contribution in [2.24, 2.45) is 0 Å². The molecule has 0 spiro atoms. The Hall–Kier alpha value is -1.46. The Morgan fingerprint density at radius 1 is 1.12 bits per heavy atom. The number of rotatable bonds is 13. The van der Waals surface area contributed by atoms with E-state index in [-0.39, 0.29) is 12.3 Å². The number of hydrogen-bond donors (Lipinski definition) is 2. The fourth-order valence-corrected chi connectivity index (χ4v) is 3.06. The molecule has 0 radical (unpaired) electrons. The van der Waals surface area contributed by atoms with E-state index < -0.39 is 12.0 Å². The Morgan fingerprint density at radius 3 is 2.23 bits per heavy atom. The standard InChI is InChI=1S/C19H28Cl2N2O3/c1-2-3-4-5-18(24)22-17(19(25)26)14-15-6-8-16(9-7-15)23(12-10-20)13-11-21/h6-9,17H,2-5,10-14H2,1H3,(H,22,24)(H,25,26). The molecule has 0 saturated heterocycles. The molecule has 0 saturated carbocycles. The van der Waals surface area contributed by atoms with Crippen LogP contribution in [0.2, 0.25) is 0 Å². The van der Waals surface area contributed by atoms with Crippen LogP contribution in [0.15, 0.2) is 24.3 Å². The number of unbranched alkanes of at least 4 members (excludes halogenated alkanes) is 2. The highest BCUT2D eigenvalue weighted by molar-refractivity contribution is 6.18. The number of alkyl halides is 2. The zero-order chi connectivity index (χ0) is 19.4. The van der Waals surface area contributed by atoms with Crippen LogP contribution in [-0.2, 0) is 16.0 Å². The highest BCUT2D eigenvalue weighted by atomic mass is 35.5. The Kier molecular flexibility index (Phi) is 11.1. The number of carbonyl (C=O) groups excluding carboxylic acids is 1. The molecule has 26 heavy (non-hydrogen) atoms. The number of halogens is 2. The third-order valence-corrected chi connectivity index (χ3v) is 4.43. The lowest BCUT2D eigenvalue weighted by Gasteiger charge is -2.23. The summed E-state index contributed by atoms with van der Waals surface area (Å²) in [6, 6.07) is 6.69. The van der Waals surface area contributed by atoms with E-state index >= 15 is 0 Å². The maximum Gasteiger partial charge on any atom is 0.326 e. The highest BCUT2D eigenvalue weighted by Crippen LogP contribution is 2.17. The SMILES string of the molecule is CCCCCC(=O)NC(Cc1ccc(N(CCCl)CCCl)cc1)C(=O)O. The van der Waals surface area contributed by atoms with Crippen molar-refractivity contribution >= 4 is 40.8 Å². The van der Waals surface area contributed by atoms with Crippen LogP contribution >= 0.6 is 23.2 Å². The maximum absolute atomic E-state index is 11.9. The molecule has 0 bridgehead atoms. The molecule has 5 nitrogen and oxygen atoms in total. The summed E-state index contributed by atoms with van der Waals surface area (Å²) >= 11 is 11.6. The first-order valence-electron chi connectivity index (χ1n) is 8.99. The molecule has 0 aliphatic heterocycles. The lowest BCUT2D eigenvalue weighted by atomic mass is 10.0. The normalized spacial score (nSPS) is 11.8. The van der Waals surface area contributed by atoms with Crippen molar-refractivity contribution in [1.82, 2.24) is 5.32 Å². The molecule has 1 amide bonds. The second-order valence-electron chi connectivity index (χ2n) is 6.15. The molecule has 0 aliphatic carbocycles. The van der Waals surface area contributed by atoms with Crippen LogP contribution in [0.5, 0.6) is 0 Å². The minimum absolute atomic E-state index is 0.210. The van der Waals surface area contributed by atoms with E-state index in [1.54, 1.807) is 0 Å². The molecule has 1 rings (SSSR count). The smallest absolute Gasteiger partial charge is 0.326 e. The fraction of sp³-hybridized carbons (Fsp3) is 0.579. The van der Waals surface area contributed by atoms with Gasteiger partial charge in [0, 0.05) is 43.4 Å². The number of benzene rings is 1. The number of carboxylic acids is 1. The van der Waals surface area contributed by atoms with Gasteiger partial charge in [-0.25, -0.2) is 4.79 Å². The molecule has 1 atom stereocenters. The molecule has 146 valence electrons. The molecular formula is C19H28Cl2N2O3. The van der Waals surface area contributed by atoms with Crippen molar-refractivity contribution in [3.63, 3.8) is 0 Å². The number of nitrogens with one attached hydrogen (secondary N) is 1. The number of aliphatic carboxylic acids is 1. The molecule has 2 N–H and O–H groups in total. The van der Waals surface area contributed by atoms with Gasteiger partial charge in [-0.05, 0) is 24.1 Å². The predicted octanol–water partition coefficient (Wildman–Crippen LogP) is 3.66. The average Bonchev–Trinajstić information content (AvgIpc) is 2.62. The van der Waals surface area contributed by atoms with Gasteiger partial charge < -0.3 is 15.3 Å². The summed E-state index contributed by atoms with van der Waals surface area (Å²) in [6.07, 6.45) is 3.38. The zero-order valence-electron chi connectivity index (χ0n) is 15.2. The van der Waals surface area contributed by atoms with Crippen LogP contribution < -0.4 is 10.2 Å². The summed E-state index contributed by atoms with van der Waals surface area (Å²) in [7, 11) is 0. The van der Waals surface area contributed by atoms with E-state index in [1.165, 1.54) is 0 Å². The molecule has 7 heteroatoms. The number of anilines is 1.